The van der Waals surface area contributed by atoms with Gasteiger partial charge in [-0.3, -0.25) is 4.79 Å². The molecule has 0 heterocycles. The van der Waals surface area contributed by atoms with E-state index >= 15 is 0 Å². The van der Waals surface area contributed by atoms with Crippen molar-refractivity contribution in [2.24, 2.45) is 5.10 Å². The van der Waals surface area contributed by atoms with Crippen LogP contribution in [0.2, 0.25) is 0 Å². The molecule has 0 aliphatic rings. The second kappa shape index (κ2) is 13.1. The summed E-state index contributed by atoms with van der Waals surface area (Å²) in [6.45, 7) is 4.49. The number of nitrogens with zero attached hydrogens (tertiary/aromatic N) is 1. The highest BCUT2D eigenvalue weighted by molar-refractivity contribution is 5.87. The third kappa shape index (κ3) is 7.37. The van der Waals surface area contributed by atoms with Crippen LogP contribution in [0.15, 0.2) is 41.5 Å². The summed E-state index contributed by atoms with van der Waals surface area (Å²) >= 11 is 0. The van der Waals surface area contributed by atoms with Gasteiger partial charge in [0.2, 0.25) is 0 Å². The number of benzene rings is 2. The first-order valence-corrected chi connectivity index (χ1v) is 10.5. The van der Waals surface area contributed by atoms with Crippen LogP contribution in [0, 0.1) is 0 Å². The third-order valence-electron chi connectivity index (χ3n) is 4.64. The van der Waals surface area contributed by atoms with Crippen LogP contribution in [-0.2, 0) is 4.79 Å². The number of carbonyl (C=O) groups is 1. The molecule has 1 N–H and O–H groups in total. The predicted molar refractivity (Wildman–Crippen MR) is 123 cm³/mol. The molecule has 1 atom stereocenters. The molecule has 0 aliphatic heterocycles. The van der Waals surface area contributed by atoms with Gasteiger partial charge in [0.05, 0.1) is 34.2 Å². The van der Waals surface area contributed by atoms with Gasteiger partial charge >= 0.3 is 0 Å². The number of hydrogen-bond acceptors (Lipinski definition) is 7. The Morgan fingerprint density at radius 1 is 0.969 bits per heavy atom. The Labute approximate surface area is 189 Å². The minimum atomic E-state index is -0.740. The average Bonchev–Trinajstić information content (AvgIpc) is 2.82. The lowest BCUT2D eigenvalue weighted by molar-refractivity contribution is -0.127. The van der Waals surface area contributed by atoms with E-state index in [9.17, 15) is 4.79 Å². The Morgan fingerprint density at radius 2 is 1.59 bits per heavy atom. The number of rotatable bonds is 13. The summed E-state index contributed by atoms with van der Waals surface area (Å²) in [4.78, 5) is 12.3. The van der Waals surface area contributed by atoms with Gasteiger partial charge in [0.1, 0.15) is 17.2 Å². The van der Waals surface area contributed by atoms with Crippen molar-refractivity contribution in [3.8, 4) is 28.7 Å². The molecule has 0 radical (unpaired) electrons. The molecule has 0 unspecified atom stereocenters. The fourth-order valence-corrected chi connectivity index (χ4v) is 2.82. The molecule has 8 nitrogen and oxygen atoms in total. The molecule has 2 aromatic rings. The summed E-state index contributed by atoms with van der Waals surface area (Å²) < 4.78 is 27.3. The number of ether oxygens (including phenoxy) is 5. The SMILES string of the molecule is CCCCCOc1ccc(O[C@H](C)C(=O)N/N=C\c2cc(OC)c(OC)cc2OC)cc1. The second-order valence-electron chi connectivity index (χ2n) is 6.97. The normalized spacial score (nSPS) is 11.7. The van der Waals surface area contributed by atoms with Crippen molar-refractivity contribution >= 4 is 12.1 Å². The van der Waals surface area contributed by atoms with E-state index in [2.05, 4.69) is 17.5 Å². The molecule has 0 spiro atoms. The van der Waals surface area contributed by atoms with Crippen molar-refractivity contribution in [1.29, 1.82) is 0 Å². The molecule has 0 fully saturated rings. The highest BCUT2D eigenvalue weighted by Crippen LogP contribution is 2.33. The molecule has 2 rings (SSSR count). The molecular weight excluding hydrogens is 412 g/mol. The fraction of sp³-hybridized carbons (Fsp3) is 0.417. The zero-order valence-electron chi connectivity index (χ0n) is 19.3. The maximum absolute atomic E-state index is 12.3. The highest BCUT2D eigenvalue weighted by Gasteiger charge is 2.15. The van der Waals surface area contributed by atoms with E-state index in [1.807, 2.05) is 12.1 Å². The minimum Gasteiger partial charge on any atom is -0.496 e. The van der Waals surface area contributed by atoms with E-state index in [4.69, 9.17) is 23.7 Å². The molecule has 8 heteroatoms. The monoisotopic (exact) mass is 444 g/mol. The number of unbranched alkanes of at least 4 members (excludes halogenated alkanes) is 2. The van der Waals surface area contributed by atoms with Crippen LogP contribution in [0.25, 0.3) is 0 Å². The first-order chi connectivity index (χ1) is 15.5. The smallest absolute Gasteiger partial charge is 0.280 e. The summed E-state index contributed by atoms with van der Waals surface area (Å²) in [6, 6.07) is 10.6. The Bertz CT molecular complexity index is 883. The third-order valence-corrected chi connectivity index (χ3v) is 4.64. The fourth-order valence-electron chi connectivity index (χ4n) is 2.82. The highest BCUT2D eigenvalue weighted by atomic mass is 16.5. The van der Waals surface area contributed by atoms with Crippen molar-refractivity contribution in [3.05, 3.63) is 42.0 Å². The number of amides is 1. The Balaban J connectivity index is 1.91. The van der Waals surface area contributed by atoms with Gasteiger partial charge < -0.3 is 23.7 Å². The lowest BCUT2D eigenvalue weighted by Crippen LogP contribution is -2.33. The second-order valence-corrected chi connectivity index (χ2v) is 6.97. The van der Waals surface area contributed by atoms with Gasteiger partial charge in [-0.15, -0.1) is 0 Å². The van der Waals surface area contributed by atoms with Crippen molar-refractivity contribution in [3.63, 3.8) is 0 Å². The average molecular weight is 445 g/mol. The van der Waals surface area contributed by atoms with Crippen LogP contribution in [-0.4, -0.2) is 46.2 Å². The summed E-state index contributed by atoms with van der Waals surface area (Å²) in [5.41, 5.74) is 3.09. The van der Waals surface area contributed by atoms with Gasteiger partial charge in [0.25, 0.3) is 5.91 Å². The Hall–Kier alpha value is -3.42. The molecule has 1 amide bonds. The van der Waals surface area contributed by atoms with Crippen LogP contribution in [0.5, 0.6) is 28.7 Å². The van der Waals surface area contributed by atoms with E-state index in [-0.39, 0.29) is 5.91 Å². The van der Waals surface area contributed by atoms with Crippen LogP contribution in [0.4, 0.5) is 0 Å². The summed E-state index contributed by atoms with van der Waals surface area (Å²) in [6.07, 6.45) is 4.06. The van der Waals surface area contributed by atoms with Crippen molar-refractivity contribution in [2.75, 3.05) is 27.9 Å². The number of carbonyl (C=O) groups excluding carboxylic acids is 1. The quantitative estimate of drug-likeness (QED) is 0.283. The molecule has 2 aromatic carbocycles. The van der Waals surface area contributed by atoms with Crippen molar-refractivity contribution < 1.29 is 28.5 Å². The largest absolute Gasteiger partial charge is 0.496 e. The number of hydrazone groups is 1. The van der Waals surface area contributed by atoms with Gasteiger partial charge in [0, 0.05) is 11.6 Å². The number of hydrogen-bond donors (Lipinski definition) is 1. The van der Waals surface area contributed by atoms with Gasteiger partial charge in [-0.25, -0.2) is 5.43 Å². The topological polar surface area (TPSA) is 87.6 Å². The van der Waals surface area contributed by atoms with Gasteiger partial charge in [-0.05, 0) is 43.7 Å². The van der Waals surface area contributed by atoms with Crippen LogP contribution >= 0.6 is 0 Å². The first-order valence-electron chi connectivity index (χ1n) is 10.5. The van der Waals surface area contributed by atoms with E-state index in [1.165, 1.54) is 20.4 Å². The van der Waals surface area contributed by atoms with Crippen LogP contribution in [0.1, 0.15) is 38.7 Å². The summed E-state index contributed by atoms with van der Waals surface area (Å²) in [5, 5.41) is 4.01. The van der Waals surface area contributed by atoms with E-state index in [1.54, 1.807) is 38.3 Å². The van der Waals surface area contributed by atoms with Crippen molar-refractivity contribution in [2.45, 2.75) is 39.2 Å². The number of nitrogens with one attached hydrogen (secondary N) is 1. The molecule has 32 heavy (non-hydrogen) atoms. The van der Waals surface area contributed by atoms with Gasteiger partial charge in [-0.2, -0.15) is 5.10 Å². The molecular formula is C24H32N2O6. The molecule has 0 aliphatic carbocycles. The van der Waals surface area contributed by atoms with E-state index in [0.29, 0.717) is 35.2 Å². The summed E-state index contributed by atoms with van der Waals surface area (Å²) in [5.74, 6) is 2.54. The zero-order valence-corrected chi connectivity index (χ0v) is 19.3. The van der Waals surface area contributed by atoms with Crippen LogP contribution in [0.3, 0.4) is 0 Å². The molecule has 0 bridgehead atoms. The Kier molecular flexibility index (Phi) is 10.2. The van der Waals surface area contributed by atoms with E-state index < -0.39 is 6.10 Å². The van der Waals surface area contributed by atoms with Crippen molar-refractivity contribution in [1.82, 2.24) is 5.43 Å². The number of methoxy groups -OCH3 is 3. The standard InChI is InChI=1S/C24H32N2O6/c1-6-7-8-13-31-19-9-11-20(12-10-19)32-17(2)24(27)26-25-16-18-14-22(29-4)23(30-5)15-21(18)28-3/h9-12,14-17H,6-8,13H2,1-5H3,(H,26,27)/b25-16-/t17-/m1/s1. The molecule has 174 valence electrons. The predicted octanol–water partition coefficient (Wildman–Crippen LogP) is 4.20. The van der Waals surface area contributed by atoms with Gasteiger partial charge in [0.15, 0.2) is 17.6 Å². The lowest BCUT2D eigenvalue weighted by atomic mass is 10.2. The Morgan fingerprint density at radius 3 is 2.22 bits per heavy atom. The minimum absolute atomic E-state index is 0.388. The summed E-state index contributed by atoms with van der Waals surface area (Å²) in [7, 11) is 4.62. The maximum atomic E-state index is 12.3. The molecule has 0 saturated carbocycles. The lowest BCUT2D eigenvalue weighted by Gasteiger charge is -2.14. The van der Waals surface area contributed by atoms with Gasteiger partial charge in [-0.1, -0.05) is 19.8 Å². The van der Waals surface area contributed by atoms with E-state index in [0.717, 1.165) is 25.0 Å². The maximum Gasteiger partial charge on any atom is 0.280 e. The first kappa shape index (κ1) is 24.8. The van der Waals surface area contributed by atoms with Crippen LogP contribution < -0.4 is 29.1 Å². The molecule has 0 aromatic heterocycles. The zero-order chi connectivity index (χ0) is 23.3. The molecule has 0 saturated heterocycles.